The third-order valence-electron chi connectivity index (χ3n) is 2.10. The Morgan fingerprint density at radius 1 is 1.29 bits per heavy atom. The van der Waals surface area contributed by atoms with E-state index in [1.807, 2.05) is 11.3 Å². The SMILES string of the molecule is NCCNCc1cc2ccccc2s1. The molecule has 2 rings (SSSR count). The average Bonchev–Trinajstić information content (AvgIpc) is 2.60. The molecule has 1 aromatic heterocycles. The van der Waals surface area contributed by atoms with Gasteiger partial charge in [0.25, 0.3) is 0 Å². The number of hydrogen-bond donors (Lipinski definition) is 2. The number of thiophene rings is 1. The lowest BCUT2D eigenvalue weighted by Crippen LogP contribution is -2.21. The van der Waals surface area contributed by atoms with Gasteiger partial charge in [0.1, 0.15) is 0 Å². The summed E-state index contributed by atoms with van der Waals surface area (Å²) in [5.41, 5.74) is 5.41. The fourth-order valence-corrected chi connectivity index (χ4v) is 2.47. The van der Waals surface area contributed by atoms with Crippen LogP contribution < -0.4 is 11.1 Å². The van der Waals surface area contributed by atoms with E-state index in [0.717, 1.165) is 13.1 Å². The molecule has 3 N–H and O–H groups in total. The van der Waals surface area contributed by atoms with Crippen molar-refractivity contribution in [1.82, 2.24) is 5.32 Å². The van der Waals surface area contributed by atoms with Gasteiger partial charge in [-0.25, -0.2) is 0 Å². The highest BCUT2D eigenvalue weighted by Gasteiger charge is 1.99. The molecular weight excluding hydrogens is 192 g/mol. The van der Waals surface area contributed by atoms with Crippen molar-refractivity contribution in [3.05, 3.63) is 35.2 Å². The Morgan fingerprint density at radius 3 is 2.93 bits per heavy atom. The fourth-order valence-electron chi connectivity index (χ4n) is 1.44. The van der Waals surface area contributed by atoms with Gasteiger partial charge in [-0.15, -0.1) is 11.3 Å². The maximum absolute atomic E-state index is 5.41. The van der Waals surface area contributed by atoms with Crippen LogP contribution in [0.2, 0.25) is 0 Å². The number of hydrogen-bond acceptors (Lipinski definition) is 3. The maximum atomic E-state index is 5.41. The largest absolute Gasteiger partial charge is 0.329 e. The number of fused-ring (bicyclic) bond motifs is 1. The van der Waals surface area contributed by atoms with Crippen molar-refractivity contribution < 1.29 is 0 Å². The molecule has 1 aromatic carbocycles. The summed E-state index contributed by atoms with van der Waals surface area (Å²) in [6.45, 7) is 2.51. The van der Waals surface area contributed by atoms with Gasteiger partial charge in [0.15, 0.2) is 0 Å². The van der Waals surface area contributed by atoms with Gasteiger partial charge in [-0.2, -0.15) is 0 Å². The Bertz CT molecular complexity index is 375. The Hall–Kier alpha value is -0.900. The molecule has 0 fully saturated rings. The first-order chi connectivity index (χ1) is 6.90. The van der Waals surface area contributed by atoms with Crippen LogP contribution in [0.5, 0.6) is 0 Å². The molecule has 0 amide bonds. The molecule has 0 bridgehead atoms. The molecule has 0 aliphatic heterocycles. The second-order valence-corrected chi connectivity index (χ2v) is 4.38. The molecule has 2 aromatic rings. The summed E-state index contributed by atoms with van der Waals surface area (Å²) in [4.78, 5) is 1.37. The molecule has 0 saturated heterocycles. The first-order valence-electron chi connectivity index (χ1n) is 4.78. The molecule has 0 saturated carbocycles. The van der Waals surface area contributed by atoms with Crippen molar-refractivity contribution in [3.63, 3.8) is 0 Å². The topological polar surface area (TPSA) is 38.0 Å². The normalized spacial score (nSPS) is 10.9. The van der Waals surface area contributed by atoms with Gasteiger partial charge in [-0.05, 0) is 17.5 Å². The van der Waals surface area contributed by atoms with Gasteiger partial charge >= 0.3 is 0 Å². The van der Waals surface area contributed by atoms with Crippen molar-refractivity contribution in [2.75, 3.05) is 13.1 Å². The summed E-state index contributed by atoms with van der Waals surface area (Å²) in [5.74, 6) is 0. The Morgan fingerprint density at radius 2 is 2.14 bits per heavy atom. The maximum Gasteiger partial charge on any atom is 0.0346 e. The van der Waals surface area contributed by atoms with Crippen LogP contribution in [0.25, 0.3) is 10.1 Å². The van der Waals surface area contributed by atoms with E-state index >= 15 is 0 Å². The molecular formula is C11H14N2S. The van der Waals surface area contributed by atoms with E-state index in [0.29, 0.717) is 6.54 Å². The number of nitrogens with one attached hydrogen (secondary N) is 1. The summed E-state index contributed by atoms with van der Waals surface area (Å²) in [5, 5.41) is 4.63. The fraction of sp³-hybridized carbons (Fsp3) is 0.273. The molecule has 14 heavy (non-hydrogen) atoms. The molecule has 0 atom stereocenters. The first kappa shape index (κ1) is 9.65. The zero-order chi connectivity index (χ0) is 9.80. The lowest BCUT2D eigenvalue weighted by molar-refractivity contribution is 0.702. The van der Waals surface area contributed by atoms with Gasteiger partial charge in [0.05, 0.1) is 0 Å². The molecule has 74 valence electrons. The summed E-state index contributed by atoms with van der Waals surface area (Å²) < 4.78 is 1.36. The number of rotatable bonds is 4. The van der Waals surface area contributed by atoms with E-state index in [9.17, 15) is 0 Å². The minimum Gasteiger partial charge on any atom is -0.329 e. The van der Waals surface area contributed by atoms with E-state index in [1.165, 1.54) is 15.0 Å². The summed E-state index contributed by atoms with van der Waals surface area (Å²) in [6, 6.07) is 10.7. The molecule has 0 radical (unpaired) electrons. The van der Waals surface area contributed by atoms with E-state index in [4.69, 9.17) is 5.73 Å². The molecule has 1 heterocycles. The quantitative estimate of drug-likeness (QED) is 0.750. The predicted molar refractivity (Wildman–Crippen MR) is 62.6 cm³/mol. The Kier molecular flexibility index (Phi) is 3.14. The third-order valence-corrected chi connectivity index (χ3v) is 3.21. The van der Waals surface area contributed by atoms with Gasteiger partial charge in [0, 0.05) is 29.2 Å². The average molecular weight is 206 g/mol. The summed E-state index contributed by atoms with van der Waals surface area (Å²) in [7, 11) is 0. The van der Waals surface area contributed by atoms with Crippen LogP contribution in [0, 0.1) is 0 Å². The summed E-state index contributed by atoms with van der Waals surface area (Å²) in [6.07, 6.45) is 0. The van der Waals surface area contributed by atoms with Gasteiger partial charge in [-0.1, -0.05) is 18.2 Å². The van der Waals surface area contributed by atoms with Crippen LogP contribution in [0.4, 0.5) is 0 Å². The van der Waals surface area contributed by atoms with Crippen molar-refractivity contribution in [2.24, 2.45) is 5.73 Å². The number of benzene rings is 1. The van der Waals surface area contributed by atoms with Crippen molar-refractivity contribution in [2.45, 2.75) is 6.54 Å². The Labute approximate surface area is 87.7 Å². The van der Waals surface area contributed by atoms with Crippen LogP contribution >= 0.6 is 11.3 Å². The predicted octanol–water partition coefficient (Wildman–Crippen LogP) is 1.95. The molecule has 0 aliphatic rings. The molecule has 0 spiro atoms. The van der Waals surface area contributed by atoms with Crippen molar-refractivity contribution >= 4 is 21.4 Å². The van der Waals surface area contributed by atoms with Crippen LogP contribution in [-0.2, 0) is 6.54 Å². The third kappa shape index (κ3) is 2.12. The standard InChI is InChI=1S/C11H14N2S/c12-5-6-13-8-10-7-9-3-1-2-4-11(9)14-10/h1-4,7,13H,5-6,8,12H2. The second kappa shape index (κ2) is 4.55. The highest BCUT2D eigenvalue weighted by atomic mass is 32.1. The van der Waals surface area contributed by atoms with E-state index in [1.54, 1.807) is 0 Å². The summed E-state index contributed by atoms with van der Waals surface area (Å²) >= 11 is 1.84. The minimum absolute atomic E-state index is 0.699. The molecule has 0 aliphatic carbocycles. The van der Waals surface area contributed by atoms with Gasteiger partial charge in [0.2, 0.25) is 0 Å². The minimum atomic E-state index is 0.699. The smallest absolute Gasteiger partial charge is 0.0346 e. The molecule has 0 unspecified atom stereocenters. The van der Waals surface area contributed by atoms with E-state index in [-0.39, 0.29) is 0 Å². The van der Waals surface area contributed by atoms with Gasteiger partial charge in [-0.3, -0.25) is 0 Å². The zero-order valence-corrected chi connectivity index (χ0v) is 8.81. The highest BCUT2D eigenvalue weighted by Crippen LogP contribution is 2.24. The second-order valence-electron chi connectivity index (χ2n) is 3.22. The molecule has 3 heteroatoms. The lowest BCUT2D eigenvalue weighted by Gasteiger charge is -1.98. The van der Waals surface area contributed by atoms with Crippen LogP contribution in [0.15, 0.2) is 30.3 Å². The zero-order valence-electron chi connectivity index (χ0n) is 7.99. The first-order valence-corrected chi connectivity index (χ1v) is 5.60. The van der Waals surface area contributed by atoms with Gasteiger partial charge < -0.3 is 11.1 Å². The molecule has 2 nitrogen and oxygen atoms in total. The van der Waals surface area contributed by atoms with Crippen LogP contribution in [0.3, 0.4) is 0 Å². The van der Waals surface area contributed by atoms with Crippen LogP contribution in [-0.4, -0.2) is 13.1 Å². The van der Waals surface area contributed by atoms with E-state index < -0.39 is 0 Å². The van der Waals surface area contributed by atoms with Crippen LogP contribution in [0.1, 0.15) is 4.88 Å². The van der Waals surface area contributed by atoms with Crippen molar-refractivity contribution in [3.8, 4) is 0 Å². The number of nitrogens with two attached hydrogens (primary N) is 1. The highest BCUT2D eigenvalue weighted by molar-refractivity contribution is 7.19. The van der Waals surface area contributed by atoms with Crippen molar-refractivity contribution in [1.29, 1.82) is 0 Å². The Balaban J connectivity index is 2.11. The van der Waals surface area contributed by atoms with E-state index in [2.05, 4.69) is 35.6 Å². The lowest BCUT2D eigenvalue weighted by atomic mass is 10.2. The monoisotopic (exact) mass is 206 g/mol.